The standard InChI is InChI=1S/C10H12ClN3O/c1-15-6-2-5-14-10-4-3-8(11)7-9(10)12-13-14/h3-4,7H,2,5-6H2,1H3. The molecular weight excluding hydrogens is 214 g/mol. The van der Waals surface area contributed by atoms with Crippen LogP contribution < -0.4 is 0 Å². The van der Waals surface area contributed by atoms with Crippen LogP contribution in [0.2, 0.25) is 5.02 Å². The van der Waals surface area contributed by atoms with Gasteiger partial charge in [-0.15, -0.1) is 5.10 Å². The number of nitrogens with zero attached hydrogens (tertiary/aromatic N) is 3. The van der Waals surface area contributed by atoms with Gasteiger partial charge in [-0.05, 0) is 24.6 Å². The van der Waals surface area contributed by atoms with E-state index in [9.17, 15) is 0 Å². The van der Waals surface area contributed by atoms with E-state index in [0.717, 1.165) is 30.6 Å². The lowest BCUT2D eigenvalue weighted by Crippen LogP contribution is -2.03. The first kappa shape index (κ1) is 10.4. The van der Waals surface area contributed by atoms with E-state index in [1.807, 2.05) is 22.9 Å². The number of hydrogen-bond acceptors (Lipinski definition) is 3. The summed E-state index contributed by atoms with van der Waals surface area (Å²) in [7, 11) is 1.69. The van der Waals surface area contributed by atoms with Gasteiger partial charge in [-0.25, -0.2) is 4.68 Å². The molecule has 0 unspecified atom stereocenters. The summed E-state index contributed by atoms with van der Waals surface area (Å²) in [6.07, 6.45) is 0.928. The summed E-state index contributed by atoms with van der Waals surface area (Å²) in [6.45, 7) is 1.54. The molecule has 1 aromatic carbocycles. The highest BCUT2D eigenvalue weighted by molar-refractivity contribution is 6.31. The Kier molecular flexibility index (Phi) is 3.18. The minimum atomic E-state index is 0.687. The second-order valence-corrected chi connectivity index (χ2v) is 3.73. The normalized spacial score (nSPS) is 11.1. The molecule has 0 spiro atoms. The van der Waals surface area contributed by atoms with Gasteiger partial charge in [0.15, 0.2) is 0 Å². The van der Waals surface area contributed by atoms with Crippen LogP contribution in [0.25, 0.3) is 11.0 Å². The molecule has 0 aliphatic carbocycles. The fraction of sp³-hybridized carbons (Fsp3) is 0.400. The van der Waals surface area contributed by atoms with Crippen molar-refractivity contribution < 1.29 is 4.74 Å². The van der Waals surface area contributed by atoms with Crippen LogP contribution in [-0.4, -0.2) is 28.7 Å². The number of ether oxygens (including phenoxy) is 1. The maximum atomic E-state index is 5.86. The van der Waals surface area contributed by atoms with E-state index >= 15 is 0 Å². The summed E-state index contributed by atoms with van der Waals surface area (Å²) in [4.78, 5) is 0. The van der Waals surface area contributed by atoms with E-state index in [-0.39, 0.29) is 0 Å². The molecule has 2 rings (SSSR count). The molecule has 1 heterocycles. The van der Waals surface area contributed by atoms with Crippen molar-refractivity contribution in [3.8, 4) is 0 Å². The van der Waals surface area contributed by atoms with Crippen LogP contribution in [0.15, 0.2) is 18.2 Å². The number of halogens is 1. The molecule has 2 aromatic rings. The van der Waals surface area contributed by atoms with E-state index in [1.54, 1.807) is 7.11 Å². The van der Waals surface area contributed by atoms with Crippen LogP contribution in [0.3, 0.4) is 0 Å². The number of methoxy groups -OCH3 is 1. The average molecular weight is 226 g/mol. The lowest BCUT2D eigenvalue weighted by atomic mass is 10.3. The summed E-state index contributed by atoms with van der Waals surface area (Å²) in [5, 5.41) is 8.79. The van der Waals surface area contributed by atoms with E-state index in [0.29, 0.717) is 5.02 Å². The van der Waals surface area contributed by atoms with Crippen LogP contribution in [0.4, 0.5) is 0 Å². The van der Waals surface area contributed by atoms with E-state index in [2.05, 4.69) is 10.3 Å². The first-order chi connectivity index (χ1) is 7.31. The third kappa shape index (κ3) is 2.27. The highest BCUT2D eigenvalue weighted by Crippen LogP contribution is 2.16. The van der Waals surface area contributed by atoms with E-state index in [4.69, 9.17) is 16.3 Å². The van der Waals surface area contributed by atoms with Gasteiger partial charge in [-0.1, -0.05) is 16.8 Å². The Balaban J connectivity index is 2.21. The highest BCUT2D eigenvalue weighted by atomic mass is 35.5. The van der Waals surface area contributed by atoms with Crippen molar-refractivity contribution in [1.82, 2.24) is 15.0 Å². The van der Waals surface area contributed by atoms with Gasteiger partial charge >= 0.3 is 0 Å². The topological polar surface area (TPSA) is 39.9 Å². The molecule has 15 heavy (non-hydrogen) atoms. The fourth-order valence-electron chi connectivity index (χ4n) is 1.47. The Morgan fingerprint density at radius 2 is 2.33 bits per heavy atom. The highest BCUT2D eigenvalue weighted by Gasteiger charge is 2.03. The van der Waals surface area contributed by atoms with Crippen molar-refractivity contribution in [3.05, 3.63) is 23.2 Å². The Morgan fingerprint density at radius 1 is 1.47 bits per heavy atom. The molecule has 0 saturated heterocycles. The fourth-order valence-corrected chi connectivity index (χ4v) is 1.64. The zero-order chi connectivity index (χ0) is 10.7. The zero-order valence-electron chi connectivity index (χ0n) is 8.48. The molecule has 4 nitrogen and oxygen atoms in total. The van der Waals surface area contributed by atoms with Gasteiger partial charge in [0.25, 0.3) is 0 Å². The SMILES string of the molecule is COCCCn1nnc2cc(Cl)ccc21. The van der Waals surface area contributed by atoms with Crippen LogP contribution in [0.1, 0.15) is 6.42 Å². The number of aromatic nitrogens is 3. The first-order valence-corrected chi connectivity index (χ1v) is 5.17. The summed E-state index contributed by atoms with van der Waals surface area (Å²) in [6, 6.07) is 5.60. The second kappa shape index (κ2) is 4.59. The number of benzene rings is 1. The van der Waals surface area contributed by atoms with Crippen LogP contribution in [0.5, 0.6) is 0 Å². The van der Waals surface area contributed by atoms with Gasteiger partial charge in [0, 0.05) is 25.3 Å². The van der Waals surface area contributed by atoms with Crippen LogP contribution >= 0.6 is 11.6 Å². The van der Waals surface area contributed by atoms with Crippen LogP contribution in [-0.2, 0) is 11.3 Å². The average Bonchev–Trinajstić information content (AvgIpc) is 2.61. The minimum absolute atomic E-state index is 0.687. The predicted octanol–water partition coefficient (Wildman–Crippen LogP) is 2.12. The maximum Gasteiger partial charge on any atom is 0.114 e. The van der Waals surface area contributed by atoms with Gasteiger partial charge in [-0.3, -0.25) is 0 Å². The Labute approximate surface area is 92.8 Å². The van der Waals surface area contributed by atoms with E-state index in [1.165, 1.54) is 0 Å². The van der Waals surface area contributed by atoms with Crippen molar-refractivity contribution in [2.45, 2.75) is 13.0 Å². The largest absolute Gasteiger partial charge is 0.385 e. The van der Waals surface area contributed by atoms with Gasteiger partial charge in [-0.2, -0.15) is 0 Å². The Morgan fingerprint density at radius 3 is 3.13 bits per heavy atom. The Bertz CT molecular complexity index is 455. The molecule has 0 aliphatic rings. The third-order valence-electron chi connectivity index (χ3n) is 2.19. The van der Waals surface area contributed by atoms with E-state index < -0.39 is 0 Å². The summed E-state index contributed by atoms with van der Waals surface area (Å²) in [5.74, 6) is 0. The molecule has 0 saturated carbocycles. The number of aryl methyl sites for hydroxylation is 1. The minimum Gasteiger partial charge on any atom is -0.385 e. The van der Waals surface area contributed by atoms with Gasteiger partial charge in [0.2, 0.25) is 0 Å². The van der Waals surface area contributed by atoms with Gasteiger partial charge in [0.05, 0.1) is 5.52 Å². The smallest absolute Gasteiger partial charge is 0.114 e. The molecule has 0 aliphatic heterocycles. The second-order valence-electron chi connectivity index (χ2n) is 3.29. The Hall–Kier alpha value is -1.13. The molecule has 0 radical (unpaired) electrons. The summed E-state index contributed by atoms with van der Waals surface area (Å²) < 4.78 is 6.85. The number of fused-ring (bicyclic) bond motifs is 1. The zero-order valence-corrected chi connectivity index (χ0v) is 9.24. The summed E-state index contributed by atoms with van der Waals surface area (Å²) >= 11 is 5.86. The van der Waals surface area contributed by atoms with Crippen molar-refractivity contribution in [2.24, 2.45) is 0 Å². The monoisotopic (exact) mass is 225 g/mol. The molecule has 1 aromatic heterocycles. The van der Waals surface area contributed by atoms with Gasteiger partial charge < -0.3 is 4.74 Å². The quantitative estimate of drug-likeness (QED) is 0.749. The van der Waals surface area contributed by atoms with Crippen molar-refractivity contribution in [1.29, 1.82) is 0 Å². The number of rotatable bonds is 4. The molecule has 80 valence electrons. The lowest BCUT2D eigenvalue weighted by molar-refractivity contribution is 0.189. The summed E-state index contributed by atoms with van der Waals surface area (Å²) in [5.41, 5.74) is 1.84. The lowest BCUT2D eigenvalue weighted by Gasteiger charge is -2.01. The molecule has 5 heteroatoms. The first-order valence-electron chi connectivity index (χ1n) is 4.79. The molecule has 0 atom stereocenters. The molecule has 0 N–H and O–H groups in total. The molecular formula is C10H12ClN3O. The number of hydrogen-bond donors (Lipinski definition) is 0. The third-order valence-corrected chi connectivity index (χ3v) is 2.43. The molecule has 0 fully saturated rings. The van der Waals surface area contributed by atoms with Gasteiger partial charge in [0.1, 0.15) is 5.52 Å². The van der Waals surface area contributed by atoms with Crippen molar-refractivity contribution in [3.63, 3.8) is 0 Å². The van der Waals surface area contributed by atoms with Crippen molar-refractivity contribution >= 4 is 22.6 Å². The molecule has 0 bridgehead atoms. The predicted molar refractivity (Wildman–Crippen MR) is 59.0 cm³/mol. The molecule has 0 amide bonds. The van der Waals surface area contributed by atoms with Crippen LogP contribution in [0, 0.1) is 0 Å². The van der Waals surface area contributed by atoms with Crippen molar-refractivity contribution in [2.75, 3.05) is 13.7 Å². The maximum absolute atomic E-state index is 5.86.